The molecule has 1 aromatic carbocycles. The number of carboxylic acids is 1. The monoisotopic (exact) mass is 255 g/mol. The largest absolute Gasteiger partial charge is 0.478 e. The first-order valence-corrected chi connectivity index (χ1v) is 6.68. The van der Waals surface area contributed by atoms with Crippen LogP contribution in [0.2, 0.25) is 0 Å². The number of rotatable bonds is 4. The first-order chi connectivity index (χ1) is 7.82. The van der Waals surface area contributed by atoms with E-state index in [1.165, 1.54) is 18.2 Å². The van der Waals surface area contributed by atoms with Gasteiger partial charge in [-0.2, -0.15) is 0 Å². The number of benzene rings is 1. The number of hydrogen-bond donors (Lipinski definition) is 2. The third kappa shape index (κ3) is 2.65. The van der Waals surface area contributed by atoms with E-state index in [1.54, 1.807) is 0 Å². The third-order valence-electron chi connectivity index (χ3n) is 2.77. The van der Waals surface area contributed by atoms with Crippen molar-refractivity contribution in [3.63, 3.8) is 0 Å². The molecule has 1 aliphatic carbocycles. The van der Waals surface area contributed by atoms with Gasteiger partial charge in [-0.25, -0.2) is 17.9 Å². The molecule has 1 saturated carbocycles. The summed E-state index contributed by atoms with van der Waals surface area (Å²) in [7, 11) is -3.62. The fourth-order valence-electron chi connectivity index (χ4n) is 1.47. The summed E-state index contributed by atoms with van der Waals surface area (Å²) in [6.07, 6.45) is 1.62. The molecule has 92 valence electrons. The molecular formula is C11H13NO4S. The van der Waals surface area contributed by atoms with Crippen LogP contribution in [-0.4, -0.2) is 25.0 Å². The second-order valence-electron chi connectivity index (χ2n) is 4.50. The lowest BCUT2D eigenvalue weighted by Crippen LogP contribution is -2.34. The van der Waals surface area contributed by atoms with E-state index < -0.39 is 16.0 Å². The highest BCUT2D eigenvalue weighted by Gasteiger charge is 2.41. The Kier molecular flexibility index (Phi) is 2.71. The topological polar surface area (TPSA) is 83.5 Å². The van der Waals surface area contributed by atoms with Gasteiger partial charge in [0.1, 0.15) is 0 Å². The van der Waals surface area contributed by atoms with Crippen molar-refractivity contribution in [1.29, 1.82) is 0 Å². The maximum absolute atomic E-state index is 12.0. The van der Waals surface area contributed by atoms with Crippen molar-refractivity contribution >= 4 is 16.0 Å². The summed E-state index contributed by atoms with van der Waals surface area (Å²) in [5.74, 6) is -1.14. The van der Waals surface area contributed by atoms with Gasteiger partial charge >= 0.3 is 5.97 Å². The molecule has 0 aliphatic heterocycles. The zero-order chi connectivity index (χ0) is 12.7. The summed E-state index contributed by atoms with van der Waals surface area (Å²) in [6, 6.07) is 5.34. The second-order valence-corrected chi connectivity index (χ2v) is 6.18. The predicted molar refractivity (Wildman–Crippen MR) is 61.4 cm³/mol. The van der Waals surface area contributed by atoms with E-state index >= 15 is 0 Å². The highest BCUT2D eigenvalue weighted by atomic mass is 32.2. The Morgan fingerprint density at radius 3 is 2.59 bits per heavy atom. The fourth-order valence-corrected chi connectivity index (χ4v) is 2.98. The molecule has 2 N–H and O–H groups in total. The molecule has 0 spiro atoms. The lowest BCUT2D eigenvalue weighted by atomic mass is 10.2. The van der Waals surface area contributed by atoms with Gasteiger partial charge in [0, 0.05) is 5.54 Å². The van der Waals surface area contributed by atoms with E-state index in [-0.39, 0.29) is 16.0 Å². The van der Waals surface area contributed by atoms with Crippen molar-refractivity contribution in [3.05, 3.63) is 29.8 Å². The van der Waals surface area contributed by atoms with Gasteiger partial charge in [0.25, 0.3) is 0 Å². The highest BCUT2D eigenvalue weighted by Crippen LogP contribution is 2.35. The van der Waals surface area contributed by atoms with Crippen LogP contribution >= 0.6 is 0 Å². The van der Waals surface area contributed by atoms with Crippen LogP contribution in [0.5, 0.6) is 0 Å². The van der Waals surface area contributed by atoms with E-state index in [4.69, 9.17) is 5.11 Å². The van der Waals surface area contributed by atoms with Crippen molar-refractivity contribution in [2.45, 2.75) is 30.2 Å². The van der Waals surface area contributed by atoms with Crippen molar-refractivity contribution in [3.8, 4) is 0 Å². The first kappa shape index (κ1) is 12.1. The number of aromatic carboxylic acids is 1. The summed E-state index contributed by atoms with van der Waals surface area (Å²) in [4.78, 5) is 10.8. The van der Waals surface area contributed by atoms with E-state index in [2.05, 4.69) is 4.72 Å². The standard InChI is InChI=1S/C11H13NO4S/c1-11(5-6-11)12-17(15,16)9-4-2-3-8(7-9)10(13)14/h2-4,7,12H,5-6H2,1H3,(H,13,14). The van der Waals surface area contributed by atoms with Crippen LogP contribution in [0.3, 0.4) is 0 Å². The zero-order valence-electron chi connectivity index (χ0n) is 9.30. The Balaban J connectivity index is 2.32. The maximum Gasteiger partial charge on any atom is 0.335 e. The molecule has 1 aromatic rings. The van der Waals surface area contributed by atoms with Crippen LogP contribution in [0.1, 0.15) is 30.1 Å². The summed E-state index contributed by atoms with van der Waals surface area (Å²) in [6.45, 7) is 1.82. The van der Waals surface area contributed by atoms with Crippen molar-refractivity contribution in [2.24, 2.45) is 0 Å². The molecule has 17 heavy (non-hydrogen) atoms. The molecule has 0 amide bonds. The van der Waals surface area contributed by atoms with Crippen molar-refractivity contribution < 1.29 is 18.3 Å². The van der Waals surface area contributed by atoms with Crippen LogP contribution in [0.4, 0.5) is 0 Å². The van der Waals surface area contributed by atoms with Crippen molar-refractivity contribution in [1.82, 2.24) is 4.72 Å². The molecule has 5 nitrogen and oxygen atoms in total. The molecule has 6 heteroatoms. The summed E-state index contributed by atoms with van der Waals surface area (Å²) in [5, 5.41) is 8.80. The molecule has 2 rings (SSSR count). The predicted octanol–water partition coefficient (Wildman–Crippen LogP) is 1.22. The molecule has 0 atom stereocenters. The summed E-state index contributed by atoms with van der Waals surface area (Å²) >= 11 is 0. The molecule has 1 aliphatic rings. The average molecular weight is 255 g/mol. The van der Waals surface area contributed by atoms with E-state index in [9.17, 15) is 13.2 Å². The number of sulfonamides is 1. The Morgan fingerprint density at radius 2 is 2.06 bits per heavy atom. The first-order valence-electron chi connectivity index (χ1n) is 5.20. The molecule has 0 unspecified atom stereocenters. The van der Waals surface area contributed by atoms with Crippen LogP contribution < -0.4 is 4.72 Å². The minimum absolute atomic E-state index is 0.00877. The average Bonchev–Trinajstić information content (AvgIpc) is 2.95. The maximum atomic E-state index is 12.0. The molecular weight excluding hydrogens is 242 g/mol. The summed E-state index contributed by atoms with van der Waals surface area (Å²) < 4.78 is 26.5. The lowest BCUT2D eigenvalue weighted by molar-refractivity contribution is 0.0696. The number of carboxylic acid groups (broad SMARTS) is 1. The van der Waals surface area contributed by atoms with Gasteiger partial charge in [-0.15, -0.1) is 0 Å². The third-order valence-corrected chi connectivity index (χ3v) is 4.41. The Labute approximate surface area is 99.5 Å². The molecule has 0 heterocycles. The highest BCUT2D eigenvalue weighted by molar-refractivity contribution is 7.89. The van der Waals surface area contributed by atoms with Gasteiger partial charge in [0.05, 0.1) is 10.5 Å². The zero-order valence-corrected chi connectivity index (χ0v) is 10.1. The minimum Gasteiger partial charge on any atom is -0.478 e. The molecule has 0 saturated heterocycles. The lowest BCUT2D eigenvalue weighted by Gasteiger charge is -2.12. The normalized spacial score (nSPS) is 17.7. The van der Waals surface area contributed by atoms with Gasteiger partial charge in [0.2, 0.25) is 10.0 Å². The van der Waals surface area contributed by atoms with Crippen LogP contribution in [0, 0.1) is 0 Å². The van der Waals surface area contributed by atoms with Crippen molar-refractivity contribution in [2.75, 3.05) is 0 Å². The molecule has 1 fully saturated rings. The summed E-state index contributed by atoms with van der Waals surface area (Å²) in [5.41, 5.74) is -0.397. The van der Waals surface area contributed by atoms with Crippen LogP contribution in [0.25, 0.3) is 0 Å². The Hall–Kier alpha value is -1.40. The Morgan fingerprint density at radius 1 is 1.41 bits per heavy atom. The van der Waals surface area contributed by atoms with E-state index in [0.29, 0.717) is 0 Å². The quantitative estimate of drug-likeness (QED) is 0.847. The van der Waals surface area contributed by atoms with Gasteiger partial charge in [0.15, 0.2) is 0 Å². The molecule has 0 aromatic heterocycles. The molecule has 0 radical (unpaired) electrons. The SMILES string of the molecule is CC1(NS(=O)(=O)c2cccc(C(=O)O)c2)CC1. The number of hydrogen-bond acceptors (Lipinski definition) is 3. The smallest absolute Gasteiger partial charge is 0.335 e. The fraction of sp³-hybridized carbons (Fsp3) is 0.364. The number of nitrogens with one attached hydrogen (secondary N) is 1. The molecule has 0 bridgehead atoms. The van der Waals surface area contributed by atoms with E-state index in [0.717, 1.165) is 18.9 Å². The van der Waals surface area contributed by atoms with Gasteiger partial charge in [-0.05, 0) is 38.0 Å². The van der Waals surface area contributed by atoms with Crippen LogP contribution in [0.15, 0.2) is 29.2 Å². The van der Waals surface area contributed by atoms with Crippen LogP contribution in [-0.2, 0) is 10.0 Å². The van der Waals surface area contributed by atoms with E-state index in [1.807, 2.05) is 6.92 Å². The second kappa shape index (κ2) is 3.82. The number of carbonyl (C=O) groups is 1. The van der Waals surface area contributed by atoms with Gasteiger partial charge in [-0.1, -0.05) is 6.07 Å². The Bertz CT molecular complexity index is 561. The van der Waals surface area contributed by atoms with Gasteiger partial charge < -0.3 is 5.11 Å². The van der Waals surface area contributed by atoms with Gasteiger partial charge in [-0.3, -0.25) is 0 Å². The minimum atomic E-state index is -3.62.